The van der Waals surface area contributed by atoms with Crippen LogP contribution >= 0.6 is 0 Å². The van der Waals surface area contributed by atoms with E-state index in [1.165, 1.54) is 61.0 Å². The zero-order chi connectivity index (χ0) is 38.8. The van der Waals surface area contributed by atoms with Crippen molar-refractivity contribution in [3.63, 3.8) is 0 Å². The molecule has 0 spiro atoms. The first-order chi connectivity index (χ1) is 28.5. The van der Waals surface area contributed by atoms with Crippen LogP contribution in [0.4, 0.5) is 34.1 Å². The van der Waals surface area contributed by atoms with E-state index < -0.39 is 0 Å². The van der Waals surface area contributed by atoms with Crippen LogP contribution in [-0.4, -0.2) is 0 Å². The lowest BCUT2D eigenvalue weighted by Crippen LogP contribution is -2.33. The van der Waals surface area contributed by atoms with E-state index in [1.54, 1.807) is 0 Å². The molecule has 2 heterocycles. The second kappa shape index (κ2) is 13.4. The lowest BCUT2D eigenvalue weighted by molar-refractivity contribution is 0.472. The first-order valence-corrected chi connectivity index (χ1v) is 20.0. The van der Waals surface area contributed by atoms with Gasteiger partial charge in [0.2, 0.25) is 0 Å². The first-order valence-electron chi connectivity index (χ1n) is 20.0. The van der Waals surface area contributed by atoms with Gasteiger partial charge in [0.15, 0.2) is 11.5 Å². The summed E-state index contributed by atoms with van der Waals surface area (Å²) in [6, 6.07) is 74.2. The van der Waals surface area contributed by atoms with Crippen molar-refractivity contribution in [2.24, 2.45) is 0 Å². The number of fused-ring (bicyclic) bond motifs is 6. The van der Waals surface area contributed by atoms with Gasteiger partial charge in [-0.05, 0) is 104 Å². The third kappa shape index (κ3) is 5.43. The van der Waals surface area contributed by atoms with Crippen LogP contribution in [0.2, 0.25) is 0 Å². The number of para-hydroxylation sites is 1. The Kier molecular flexibility index (Phi) is 7.84. The second-order valence-corrected chi connectivity index (χ2v) is 15.8. The molecule has 11 rings (SSSR count). The highest BCUT2D eigenvalue weighted by atomic mass is 16.5. The number of nitrogens with zero attached hydrogens (tertiary/aromatic N) is 2. The minimum Gasteiger partial charge on any atom is -0.453 e. The van der Waals surface area contributed by atoms with E-state index in [1.807, 2.05) is 0 Å². The Bertz CT molecular complexity index is 2890. The van der Waals surface area contributed by atoms with Crippen LogP contribution in [-0.2, 0) is 5.41 Å². The fraction of sp³-hybridized carbons (Fsp3) is 0.0545. The summed E-state index contributed by atoms with van der Waals surface area (Å²) in [6.07, 6.45) is 0. The molecule has 0 saturated heterocycles. The van der Waals surface area contributed by atoms with Crippen molar-refractivity contribution in [1.29, 1.82) is 0 Å². The van der Waals surface area contributed by atoms with Crippen LogP contribution in [0, 0.1) is 0 Å². The third-order valence-corrected chi connectivity index (χ3v) is 12.0. The highest BCUT2D eigenvalue weighted by Crippen LogP contribution is 2.62. The van der Waals surface area contributed by atoms with E-state index in [-0.39, 0.29) is 5.41 Å². The Hall–Kier alpha value is -7.36. The van der Waals surface area contributed by atoms with Crippen LogP contribution in [0.15, 0.2) is 206 Å². The Morgan fingerprint density at radius 3 is 1.55 bits per heavy atom. The predicted molar refractivity (Wildman–Crippen MR) is 242 cm³/mol. The van der Waals surface area contributed by atoms with Crippen LogP contribution in [0.5, 0.6) is 11.5 Å². The molecule has 9 aromatic carbocycles. The van der Waals surface area contributed by atoms with Gasteiger partial charge in [-0.3, -0.25) is 0 Å². The van der Waals surface area contributed by atoms with Crippen molar-refractivity contribution >= 4 is 44.9 Å². The van der Waals surface area contributed by atoms with Gasteiger partial charge in [0, 0.05) is 27.9 Å². The molecule has 0 amide bonds. The summed E-state index contributed by atoms with van der Waals surface area (Å²) in [4.78, 5) is 4.81. The van der Waals surface area contributed by atoms with Crippen LogP contribution in [0.25, 0.3) is 44.2 Å². The minimum atomic E-state index is -0.301. The summed E-state index contributed by atoms with van der Waals surface area (Å²) in [6.45, 7) is 4.71. The zero-order valence-corrected chi connectivity index (χ0v) is 32.4. The lowest BCUT2D eigenvalue weighted by Gasteiger charge is -2.46. The molecule has 0 aromatic heterocycles. The van der Waals surface area contributed by atoms with Crippen molar-refractivity contribution in [1.82, 2.24) is 0 Å². The zero-order valence-electron chi connectivity index (χ0n) is 32.4. The van der Waals surface area contributed by atoms with E-state index in [0.29, 0.717) is 0 Å². The Balaban J connectivity index is 1.03. The van der Waals surface area contributed by atoms with Gasteiger partial charge in [0.05, 0.1) is 17.1 Å². The SMILES string of the molecule is CC1(C)c2cccc3c2N(c2cccc(-c4ccc(N(c5ccc(-c6ccccc6)cc5)c5ccc(-c6ccccc6)cc5)cc4)c21)c1c(ccc2ccccc12)O3. The molecule has 0 unspecified atom stereocenters. The molecular weight excluding hydrogens is 705 g/mol. The van der Waals surface area contributed by atoms with Crippen molar-refractivity contribution in [2.75, 3.05) is 9.80 Å². The number of anilines is 6. The van der Waals surface area contributed by atoms with E-state index in [9.17, 15) is 0 Å². The highest BCUT2D eigenvalue weighted by molar-refractivity contribution is 6.06. The number of hydrogen-bond donors (Lipinski definition) is 0. The smallest absolute Gasteiger partial charge is 0.152 e. The maximum Gasteiger partial charge on any atom is 0.152 e. The van der Waals surface area contributed by atoms with Crippen LogP contribution in [0.3, 0.4) is 0 Å². The monoisotopic (exact) mass is 744 g/mol. The Morgan fingerprint density at radius 2 is 0.931 bits per heavy atom. The van der Waals surface area contributed by atoms with Gasteiger partial charge in [-0.2, -0.15) is 0 Å². The molecule has 0 atom stereocenters. The van der Waals surface area contributed by atoms with Crippen molar-refractivity contribution in [3.05, 3.63) is 217 Å². The highest BCUT2D eigenvalue weighted by Gasteiger charge is 2.43. The van der Waals surface area contributed by atoms with E-state index in [2.05, 4.69) is 230 Å². The summed E-state index contributed by atoms with van der Waals surface area (Å²) >= 11 is 0. The van der Waals surface area contributed by atoms with Gasteiger partial charge in [-0.15, -0.1) is 0 Å². The molecule has 2 aliphatic heterocycles. The number of rotatable bonds is 6. The molecule has 0 aliphatic carbocycles. The third-order valence-electron chi connectivity index (χ3n) is 12.0. The molecule has 276 valence electrons. The van der Waals surface area contributed by atoms with Gasteiger partial charge in [0.1, 0.15) is 0 Å². The van der Waals surface area contributed by atoms with E-state index in [4.69, 9.17) is 4.74 Å². The summed E-state index contributed by atoms with van der Waals surface area (Å²) in [5.41, 5.74) is 16.2. The van der Waals surface area contributed by atoms with Crippen LogP contribution in [0.1, 0.15) is 25.0 Å². The number of hydrogen-bond acceptors (Lipinski definition) is 3. The van der Waals surface area contributed by atoms with Gasteiger partial charge >= 0.3 is 0 Å². The quantitative estimate of drug-likeness (QED) is 0.169. The molecule has 0 N–H and O–H groups in total. The number of ether oxygens (including phenoxy) is 1. The first kappa shape index (κ1) is 33.9. The van der Waals surface area contributed by atoms with Crippen molar-refractivity contribution < 1.29 is 4.74 Å². The Morgan fingerprint density at radius 1 is 0.414 bits per heavy atom. The fourth-order valence-electron chi connectivity index (χ4n) is 9.22. The van der Waals surface area contributed by atoms with E-state index >= 15 is 0 Å². The largest absolute Gasteiger partial charge is 0.453 e. The van der Waals surface area contributed by atoms with Gasteiger partial charge in [-0.25, -0.2) is 0 Å². The molecule has 9 aromatic rings. The van der Waals surface area contributed by atoms with Crippen molar-refractivity contribution in [3.8, 4) is 44.9 Å². The molecule has 0 bridgehead atoms. The summed E-state index contributed by atoms with van der Waals surface area (Å²) in [5.74, 6) is 1.76. The summed E-state index contributed by atoms with van der Waals surface area (Å²) in [5, 5.41) is 2.37. The molecule has 3 heteroatoms. The molecule has 0 saturated carbocycles. The predicted octanol–water partition coefficient (Wildman–Crippen LogP) is 15.5. The van der Waals surface area contributed by atoms with Crippen molar-refractivity contribution in [2.45, 2.75) is 19.3 Å². The fourth-order valence-corrected chi connectivity index (χ4v) is 9.22. The lowest BCUT2D eigenvalue weighted by atomic mass is 9.70. The molecule has 58 heavy (non-hydrogen) atoms. The average molecular weight is 745 g/mol. The van der Waals surface area contributed by atoms with Gasteiger partial charge in [0.25, 0.3) is 0 Å². The standard InChI is InChI=1S/C55H40N2O/c1-55(2)48-20-12-22-50-54(48)57(53-47-18-10-9-17-41(47)29-36-51(53)58-50)49-21-11-19-46(52(49)55)42-27-34-45(35-28-42)56(43-30-23-39(24-31-43)37-13-5-3-6-14-37)44-32-25-40(26-33-44)38-15-7-4-8-16-38/h3-36H,1-2H3. The van der Waals surface area contributed by atoms with E-state index in [0.717, 1.165) is 39.9 Å². The summed E-state index contributed by atoms with van der Waals surface area (Å²) < 4.78 is 6.68. The molecule has 0 fully saturated rings. The Labute approximate surface area is 339 Å². The van der Waals surface area contributed by atoms with Crippen LogP contribution < -0.4 is 14.5 Å². The minimum absolute atomic E-state index is 0.301. The maximum atomic E-state index is 6.68. The molecular formula is C55H40N2O. The summed E-state index contributed by atoms with van der Waals surface area (Å²) in [7, 11) is 0. The second-order valence-electron chi connectivity index (χ2n) is 15.8. The average Bonchev–Trinajstić information content (AvgIpc) is 3.29. The molecule has 3 nitrogen and oxygen atoms in total. The normalized spacial score (nSPS) is 13.2. The van der Waals surface area contributed by atoms with Gasteiger partial charge < -0.3 is 14.5 Å². The molecule has 2 aliphatic rings. The van der Waals surface area contributed by atoms with Gasteiger partial charge in [-0.1, -0.05) is 166 Å². The maximum absolute atomic E-state index is 6.68. The molecule has 0 radical (unpaired) electrons. The topological polar surface area (TPSA) is 15.7 Å². The number of benzene rings is 9.